The van der Waals surface area contributed by atoms with Crippen LogP contribution in [0.2, 0.25) is 0 Å². The van der Waals surface area contributed by atoms with Crippen molar-refractivity contribution >= 4 is 17.2 Å². The summed E-state index contributed by atoms with van der Waals surface area (Å²) in [6, 6.07) is 0. The van der Waals surface area contributed by atoms with Gasteiger partial charge in [-0.3, -0.25) is 0 Å². The number of nitrogens with one attached hydrogen (secondary N) is 1. The van der Waals surface area contributed by atoms with Crippen molar-refractivity contribution < 1.29 is 4.74 Å². The van der Waals surface area contributed by atoms with Gasteiger partial charge >= 0.3 is 0 Å². The van der Waals surface area contributed by atoms with Gasteiger partial charge in [-0.05, 0) is 42.7 Å². The number of anilines is 1. The second-order valence-corrected chi connectivity index (χ2v) is 4.76. The molecular formula is C13H17N3OS. The number of thiophene rings is 1. The van der Waals surface area contributed by atoms with Crippen LogP contribution in [0.1, 0.15) is 23.6 Å². The third kappa shape index (κ3) is 2.79. The fourth-order valence-electron chi connectivity index (χ4n) is 1.64. The molecule has 1 N–H and O–H groups in total. The normalized spacial score (nSPS) is 10.4. The molecule has 2 aromatic rings. The zero-order chi connectivity index (χ0) is 13.0. The molecule has 2 rings (SSSR count). The predicted octanol–water partition coefficient (Wildman–Crippen LogP) is 3.17. The Morgan fingerprint density at radius 2 is 2.11 bits per heavy atom. The molecule has 4 nitrogen and oxygen atoms in total. The molecule has 2 aromatic heterocycles. The average Bonchev–Trinajstić information content (AvgIpc) is 2.76. The molecule has 0 saturated carbocycles. The molecule has 0 atom stereocenters. The second kappa shape index (κ2) is 5.82. The van der Waals surface area contributed by atoms with E-state index in [2.05, 4.69) is 33.0 Å². The Kier molecular flexibility index (Phi) is 4.15. The van der Waals surface area contributed by atoms with E-state index in [0.717, 1.165) is 17.9 Å². The zero-order valence-corrected chi connectivity index (χ0v) is 11.7. The van der Waals surface area contributed by atoms with Crippen LogP contribution in [0, 0.1) is 13.8 Å². The molecule has 96 valence electrons. The van der Waals surface area contributed by atoms with Crippen LogP contribution in [-0.4, -0.2) is 16.6 Å². The van der Waals surface area contributed by atoms with Crippen LogP contribution in [0.15, 0.2) is 17.1 Å². The molecule has 2 heterocycles. The van der Waals surface area contributed by atoms with Gasteiger partial charge in [-0.1, -0.05) is 0 Å². The van der Waals surface area contributed by atoms with Crippen molar-refractivity contribution in [2.24, 2.45) is 0 Å². The van der Waals surface area contributed by atoms with Gasteiger partial charge in [0.25, 0.3) is 0 Å². The van der Waals surface area contributed by atoms with Crippen LogP contribution in [0.5, 0.6) is 5.88 Å². The van der Waals surface area contributed by atoms with Crippen LogP contribution in [-0.2, 0) is 6.54 Å². The van der Waals surface area contributed by atoms with E-state index < -0.39 is 0 Å². The van der Waals surface area contributed by atoms with Crippen molar-refractivity contribution in [2.75, 3.05) is 11.9 Å². The molecule has 0 amide bonds. The topological polar surface area (TPSA) is 47.0 Å². The van der Waals surface area contributed by atoms with Gasteiger partial charge in [-0.15, -0.1) is 0 Å². The van der Waals surface area contributed by atoms with Crippen molar-refractivity contribution in [3.63, 3.8) is 0 Å². The molecule has 0 aliphatic carbocycles. The Hall–Kier alpha value is -1.62. The van der Waals surface area contributed by atoms with Gasteiger partial charge in [0.15, 0.2) is 0 Å². The molecule has 18 heavy (non-hydrogen) atoms. The Balaban J connectivity index is 2.10. The summed E-state index contributed by atoms with van der Waals surface area (Å²) in [5.74, 6) is 1.48. The highest BCUT2D eigenvalue weighted by molar-refractivity contribution is 7.08. The van der Waals surface area contributed by atoms with Crippen LogP contribution in [0.3, 0.4) is 0 Å². The quantitative estimate of drug-likeness (QED) is 0.900. The number of aromatic nitrogens is 2. The molecule has 5 heteroatoms. The molecular weight excluding hydrogens is 246 g/mol. The van der Waals surface area contributed by atoms with Crippen LogP contribution in [0.4, 0.5) is 5.82 Å². The summed E-state index contributed by atoms with van der Waals surface area (Å²) in [6.07, 6.45) is 1.53. The lowest BCUT2D eigenvalue weighted by atomic mass is 10.2. The summed E-state index contributed by atoms with van der Waals surface area (Å²) in [5.41, 5.74) is 3.56. The van der Waals surface area contributed by atoms with Crippen molar-refractivity contribution in [1.82, 2.24) is 9.97 Å². The molecule has 0 spiro atoms. The lowest BCUT2D eigenvalue weighted by Crippen LogP contribution is -2.06. The van der Waals surface area contributed by atoms with E-state index in [1.165, 1.54) is 17.5 Å². The first kappa shape index (κ1) is 12.8. The lowest BCUT2D eigenvalue weighted by Gasteiger charge is -2.11. The molecule has 0 radical (unpaired) electrons. The molecule has 0 aromatic carbocycles. The highest BCUT2D eigenvalue weighted by atomic mass is 32.1. The van der Waals surface area contributed by atoms with E-state index in [1.807, 2.05) is 13.8 Å². The van der Waals surface area contributed by atoms with E-state index in [4.69, 9.17) is 4.74 Å². The Labute approximate surface area is 111 Å². The van der Waals surface area contributed by atoms with Crippen LogP contribution >= 0.6 is 11.3 Å². The third-order valence-corrected chi connectivity index (χ3v) is 3.64. The number of hydrogen-bond donors (Lipinski definition) is 1. The largest absolute Gasteiger partial charge is 0.478 e. The molecule has 0 aliphatic rings. The number of hydrogen-bond acceptors (Lipinski definition) is 5. The van der Waals surface area contributed by atoms with Gasteiger partial charge < -0.3 is 10.1 Å². The van der Waals surface area contributed by atoms with Gasteiger partial charge in [0.1, 0.15) is 12.1 Å². The Morgan fingerprint density at radius 1 is 1.28 bits per heavy atom. The van der Waals surface area contributed by atoms with Crippen LogP contribution < -0.4 is 10.1 Å². The summed E-state index contributed by atoms with van der Waals surface area (Å²) >= 11 is 1.72. The number of ether oxygens (including phenoxy) is 1. The van der Waals surface area contributed by atoms with Crippen molar-refractivity contribution in [3.8, 4) is 5.88 Å². The first-order valence-electron chi connectivity index (χ1n) is 5.92. The smallest absolute Gasteiger partial charge is 0.221 e. The summed E-state index contributed by atoms with van der Waals surface area (Å²) in [4.78, 5) is 8.37. The highest BCUT2D eigenvalue weighted by Crippen LogP contribution is 2.22. The van der Waals surface area contributed by atoms with E-state index in [0.29, 0.717) is 12.5 Å². The SMILES string of the molecule is CCOc1ncnc(NCc2cscc2C)c1C. The summed E-state index contributed by atoms with van der Waals surface area (Å²) in [7, 11) is 0. The zero-order valence-electron chi connectivity index (χ0n) is 10.9. The van der Waals surface area contributed by atoms with Gasteiger partial charge in [0.05, 0.1) is 12.2 Å². The summed E-state index contributed by atoms with van der Waals surface area (Å²) in [5, 5.41) is 7.63. The minimum atomic E-state index is 0.612. The van der Waals surface area contributed by atoms with E-state index in [1.54, 1.807) is 11.3 Å². The first-order chi connectivity index (χ1) is 8.72. The molecule has 0 unspecified atom stereocenters. The fourth-order valence-corrected chi connectivity index (χ4v) is 2.50. The number of aryl methyl sites for hydroxylation is 1. The van der Waals surface area contributed by atoms with Crippen LogP contribution in [0.25, 0.3) is 0 Å². The molecule has 0 bridgehead atoms. The molecule has 0 aliphatic heterocycles. The van der Waals surface area contributed by atoms with Gasteiger partial charge in [-0.25, -0.2) is 9.97 Å². The Bertz CT molecular complexity index is 525. The standard InChI is InChI=1S/C13H17N3OS/c1-4-17-13-10(3)12(15-8-16-13)14-5-11-7-18-6-9(11)2/h6-8H,4-5H2,1-3H3,(H,14,15,16). The summed E-state index contributed by atoms with van der Waals surface area (Å²) in [6.45, 7) is 7.42. The number of rotatable bonds is 5. The average molecular weight is 263 g/mol. The monoisotopic (exact) mass is 263 g/mol. The highest BCUT2D eigenvalue weighted by Gasteiger charge is 2.08. The predicted molar refractivity (Wildman–Crippen MR) is 74.3 cm³/mol. The molecule has 0 saturated heterocycles. The Morgan fingerprint density at radius 3 is 2.78 bits per heavy atom. The van der Waals surface area contributed by atoms with Gasteiger partial charge in [-0.2, -0.15) is 11.3 Å². The van der Waals surface area contributed by atoms with Crippen molar-refractivity contribution in [3.05, 3.63) is 33.8 Å². The van der Waals surface area contributed by atoms with Gasteiger partial charge in [0, 0.05) is 6.54 Å². The van der Waals surface area contributed by atoms with Crippen molar-refractivity contribution in [2.45, 2.75) is 27.3 Å². The maximum absolute atomic E-state index is 5.45. The van der Waals surface area contributed by atoms with E-state index >= 15 is 0 Å². The first-order valence-corrected chi connectivity index (χ1v) is 6.86. The van der Waals surface area contributed by atoms with E-state index in [-0.39, 0.29) is 0 Å². The number of nitrogens with zero attached hydrogens (tertiary/aromatic N) is 2. The van der Waals surface area contributed by atoms with Gasteiger partial charge in [0.2, 0.25) is 5.88 Å². The minimum absolute atomic E-state index is 0.612. The minimum Gasteiger partial charge on any atom is -0.478 e. The lowest BCUT2D eigenvalue weighted by molar-refractivity contribution is 0.324. The fraction of sp³-hybridized carbons (Fsp3) is 0.385. The third-order valence-electron chi connectivity index (χ3n) is 2.73. The molecule has 0 fully saturated rings. The second-order valence-electron chi connectivity index (χ2n) is 4.02. The maximum Gasteiger partial charge on any atom is 0.221 e. The van der Waals surface area contributed by atoms with E-state index in [9.17, 15) is 0 Å². The summed E-state index contributed by atoms with van der Waals surface area (Å²) < 4.78 is 5.45. The maximum atomic E-state index is 5.45. The van der Waals surface area contributed by atoms with Crippen molar-refractivity contribution in [1.29, 1.82) is 0 Å².